The molecule has 0 spiro atoms. The normalized spacial score (nSPS) is 10.6. The van der Waals surface area contributed by atoms with Crippen LogP contribution < -0.4 is 4.74 Å². The van der Waals surface area contributed by atoms with Crippen LogP contribution in [0, 0.1) is 0 Å². The van der Waals surface area contributed by atoms with E-state index in [9.17, 15) is 0 Å². The molecular weight excluding hydrogens is 306 g/mol. The lowest BCUT2D eigenvalue weighted by molar-refractivity contribution is 0.415. The van der Waals surface area contributed by atoms with Crippen LogP contribution in [0.25, 0.3) is 28.2 Å². The van der Waals surface area contributed by atoms with E-state index in [1.165, 1.54) is 22.5 Å². The number of methoxy groups -OCH3 is 1. The lowest BCUT2D eigenvalue weighted by Gasteiger charge is -2.15. The summed E-state index contributed by atoms with van der Waals surface area (Å²) in [6.45, 7) is 0. The highest BCUT2D eigenvalue weighted by molar-refractivity contribution is 5.73. The van der Waals surface area contributed by atoms with E-state index in [-0.39, 0.29) is 0 Å². The van der Waals surface area contributed by atoms with Crippen LogP contribution in [0.3, 0.4) is 0 Å². The van der Waals surface area contributed by atoms with Crippen molar-refractivity contribution in [2.45, 2.75) is 0 Å². The van der Waals surface area contributed by atoms with Gasteiger partial charge in [0.15, 0.2) is 0 Å². The van der Waals surface area contributed by atoms with Gasteiger partial charge < -0.3 is 9.30 Å². The van der Waals surface area contributed by atoms with Crippen molar-refractivity contribution in [3.63, 3.8) is 0 Å². The van der Waals surface area contributed by atoms with Crippen LogP contribution in [0.4, 0.5) is 0 Å². The van der Waals surface area contributed by atoms with Gasteiger partial charge in [-0.3, -0.25) is 0 Å². The van der Waals surface area contributed by atoms with Gasteiger partial charge in [-0.05, 0) is 47.5 Å². The highest BCUT2D eigenvalue weighted by atomic mass is 16.5. The van der Waals surface area contributed by atoms with Gasteiger partial charge in [0.2, 0.25) is 0 Å². The molecule has 4 rings (SSSR count). The molecule has 122 valence electrons. The van der Waals surface area contributed by atoms with E-state index in [1.54, 1.807) is 7.11 Å². The molecule has 0 aliphatic carbocycles. The first kappa shape index (κ1) is 15.3. The van der Waals surface area contributed by atoms with Gasteiger partial charge in [-0.1, -0.05) is 60.7 Å². The summed E-state index contributed by atoms with van der Waals surface area (Å²) in [5, 5.41) is 0. The SMILES string of the molecule is COc1ccc(-n2c(-c3ccccc3)ccc2-c2ccccc2)cc1. The van der Waals surface area contributed by atoms with Gasteiger partial charge in [-0.2, -0.15) is 0 Å². The number of rotatable bonds is 4. The van der Waals surface area contributed by atoms with Gasteiger partial charge in [0.1, 0.15) is 5.75 Å². The van der Waals surface area contributed by atoms with Gasteiger partial charge in [-0.15, -0.1) is 0 Å². The molecular formula is C23H19NO. The Labute approximate surface area is 148 Å². The largest absolute Gasteiger partial charge is 0.497 e. The summed E-state index contributed by atoms with van der Waals surface area (Å²) in [5.41, 5.74) is 5.85. The Hall–Kier alpha value is -3.26. The fourth-order valence-electron chi connectivity index (χ4n) is 3.11. The predicted molar refractivity (Wildman–Crippen MR) is 103 cm³/mol. The van der Waals surface area contributed by atoms with Crippen LogP contribution in [0.5, 0.6) is 5.75 Å². The molecule has 0 saturated carbocycles. The highest BCUT2D eigenvalue weighted by Crippen LogP contribution is 2.32. The van der Waals surface area contributed by atoms with E-state index in [0.29, 0.717) is 0 Å². The minimum Gasteiger partial charge on any atom is -0.497 e. The van der Waals surface area contributed by atoms with Gasteiger partial charge in [-0.25, -0.2) is 0 Å². The minimum absolute atomic E-state index is 0.860. The van der Waals surface area contributed by atoms with E-state index in [2.05, 4.69) is 77.4 Å². The van der Waals surface area contributed by atoms with E-state index >= 15 is 0 Å². The number of benzene rings is 3. The summed E-state index contributed by atoms with van der Waals surface area (Å²) < 4.78 is 7.60. The zero-order valence-corrected chi connectivity index (χ0v) is 14.1. The topological polar surface area (TPSA) is 14.2 Å². The summed E-state index contributed by atoms with van der Waals surface area (Å²) in [5.74, 6) is 0.860. The summed E-state index contributed by atoms with van der Waals surface area (Å²) in [6, 6.07) is 33.5. The molecule has 0 saturated heterocycles. The fraction of sp³-hybridized carbons (Fsp3) is 0.0435. The lowest BCUT2D eigenvalue weighted by Crippen LogP contribution is -1.99. The van der Waals surface area contributed by atoms with E-state index < -0.39 is 0 Å². The Bertz CT molecular complexity index is 897. The maximum atomic E-state index is 5.31. The van der Waals surface area contributed by atoms with Gasteiger partial charge in [0.05, 0.1) is 18.5 Å². The van der Waals surface area contributed by atoms with Crippen LogP contribution in [-0.4, -0.2) is 11.7 Å². The molecule has 1 aromatic heterocycles. The molecule has 0 amide bonds. The Morgan fingerprint density at radius 3 is 1.48 bits per heavy atom. The molecule has 0 radical (unpaired) electrons. The number of hydrogen-bond donors (Lipinski definition) is 0. The summed E-state index contributed by atoms with van der Waals surface area (Å²) in [6.07, 6.45) is 0. The van der Waals surface area contributed by atoms with Crippen molar-refractivity contribution in [2.24, 2.45) is 0 Å². The first-order valence-corrected chi connectivity index (χ1v) is 8.34. The first-order chi connectivity index (χ1) is 12.4. The third-order valence-corrected chi connectivity index (χ3v) is 4.35. The van der Waals surface area contributed by atoms with E-state index in [1.807, 2.05) is 24.3 Å². The Kier molecular flexibility index (Phi) is 4.09. The van der Waals surface area contributed by atoms with E-state index in [4.69, 9.17) is 4.74 Å². The van der Waals surface area contributed by atoms with Gasteiger partial charge in [0.25, 0.3) is 0 Å². The third kappa shape index (κ3) is 2.94. The van der Waals surface area contributed by atoms with Gasteiger partial charge >= 0.3 is 0 Å². The molecule has 0 aliphatic heterocycles. The number of hydrogen-bond acceptors (Lipinski definition) is 1. The van der Waals surface area contributed by atoms with Crippen LogP contribution in [0.2, 0.25) is 0 Å². The number of aromatic nitrogens is 1. The molecule has 4 aromatic rings. The lowest BCUT2D eigenvalue weighted by atomic mass is 10.1. The molecule has 1 heterocycles. The molecule has 0 fully saturated rings. The van der Waals surface area contributed by atoms with Crippen LogP contribution in [-0.2, 0) is 0 Å². The van der Waals surface area contributed by atoms with Crippen molar-refractivity contribution in [1.29, 1.82) is 0 Å². The smallest absolute Gasteiger partial charge is 0.119 e. The van der Waals surface area contributed by atoms with Crippen molar-refractivity contribution in [3.8, 4) is 34.0 Å². The molecule has 2 nitrogen and oxygen atoms in total. The highest BCUT2D eigenvalue weighted by Gasteiger charge is 2.13. The van der Waals surface area contributed by atoms with Crippen molar-refractivity contribution < 1.29 is 4.74 Å². The fourth-order valence-corrected chi connectivity index (χ4v) is 3.11. The Morgan fingerprint density at radius 2 is 1.04 bits per heavy atom. The van der Waals surface area contributed by atoms with Crippen LogP contribution >= 0.6 is 0 Å². The summed E-state index contributed by atoms with van der Waals surface area (Å²) in [7, 11) is 1.69. The quantitative estimate of drug-likeness (QED) is 0.461. The molecule has 0 bridgehead atoms. The average Bonchev–Trinajstić information content (AvgIpc) is 3.14. The summed E-state index contributed by atoms with van der Waals surface area (Å²) in [4.78, 5) is 0. The second-order valence-corrected chi connectivity index (χ2v) is 5.87. The maximum absolute atomic E-state index is 5.31. The van der Waals surface area contributed by atoms with Crippen LogP contribution in [0.1, 0.15) is 0 Å². The second kappa shape index (κ2) is 6.70. The van der Waals surface area contributed by atoms with E-state index in [0.717, 1.165) is 11.4 Å². The molecule has 0 unspecified atom stereocenters. The van der Waals surface area contributed by atoms with Crippen molar-refractivity contribution in [1.82, 2.24) is 4.57 Å². The number of nitrogens with zero attached hydrogens (tertiary/aromatic N) is 1. The first-order valence-electron chi connectivity index (χ1n) is 8.34. The molecule has 0 atom stereocenters. The predicted octanol–water partition coefficient (Wildman–Crippen LogP) is 5.82. The van der Waals surface area contributed by atoms with Crippen molar-refractivity contribution in [3.05, 3.63) is 97.1 Å². The molecule has 0 N–H and O–H groups in total. The summed E-state index contributed by atoms with van der Waals surface area (Å²) >= 11 is 0. The number of ether oxygens (including phenoxy) is 1. The Morgan fingerprint density at radius 1 is 0.560 bits per heavy atom. The zero-order valence-electron chi connectivity index (χ0n) is 14.1. The molecule has 3 aromatic carbocycles. The van der Waals surface area contributed by atoms with Crippen molar-refractivity contribution >= 4 is 0 Å². The Balaban J connectivity index is 1.93. The third-order valence-electron chi connectivity index (χ3n) is 4.35. The minimum atomic E-state index is 0.860. The maximum Gasteiger partial charge on any atom is 0.119 e. The second-order valence-electron chi connectivity index (χ2n) is 5.87. The molecule has 2 heteroatoms. The average molecular weight is 325 g/mol. The van der Waals surface area contributed by atoms with Gasteiger partial charge in [0, 0.05) is 5.69 Å². The van der Waals surface area contributed by atoms with Crippen LogP contribution in [0.15, 0.2) is 97.1 Å². The molecule has 25 heavy (non-hydrogen) atoms. The van der Waals surface area contributed by atoms with Crippen molar-refractivity contribution in [2.75, 3.05) is 7.11 Å². The monoisotopic (exact) mass is 325 g/mol. The standard InChI is InChI=1S/C23H19NO/c1-25-21-14-12-20(13-15-21)24-22(18-8-4-2-5-9-18)16-17-23(24)19-10-6-3-7-11-19/h2-17H,1H3. The zero-order chi connectivity index (χ0) is 17.1. The molecule has 0 aliphatic rings.